The average molecular weight is 464 g/mol. The van der Waals surface area contributed by atoms with E-state index >= 15 is 0 Å². The summed E-state index contributed by atoms with van der Waals surface area (Å²) >= 11 is 0. The molecular formula is C26H25FN2O5. The maximum Gasteiger partial charge on any atom is 0.343 e. The standard InChI is InChI=1S/C26H25FN2O5/c1-4-32-24-14-19(5-10-23(24)34-26(31)20-6-8-21(27)9-7-20)15-28-29-25(30)16-33-22-12-17(2)11-18(3)13-22/h5-15H,4,16H2,1-3H3,(H,29,30). The molecule has 0 aliphatic heterocycles. The monoisotopic (exact) mass is 464 g/mol. The van der Waals surface area contributed by atoms with Crippen LogP contribution in [0.2, 0.25) is 0 Å². The zero-order chi connectivity index (χ0) is 24.5. The van der Waals surface area contributed by atoms with E-state index in [1.54, 1.807) is 25.1 Å². The first-order valence-corrected chi connectivity index (χ1v) is 10.6. The van der Waals surface area contributed by atoms with Crippen molar-refractivity contribution in [3.05, 3.63) is 88.7 Å². The maximum absolute atomic E-state index is 13.1. The summed E-state index contributed by atoms with van der Waals surface area (Å²) in [5.74, 6) is -0.350. The molecule has 1 amide bonds. The average Bonchev–Trinajstić information content (AvgIpc) is 2.79. The van der Waals surface area contributed by atoms with Crippen LogP contribution in [0.4, 0.5) is 4.39 Å². The van der Waals surface area contributed by atoms with Crippen molar-refractivity contribution >= 4 is 18.1 Å². The molecule has 0 saturated carbocycles. The number of halogens is 1. The molecule has 0 aliphatic carbocycles. The lowest BCUT2D eigenvalue weighted by atomic mass is 10.1. The Morgan fingerprint density at radius 2 is 1.65 bits per heavy atom. The Kier molecular flexibility index (Phi) is 8.34. The quantitative estimate of drug-likeness (QED) is 0.217. The van der Waals surface area contributed by atoms with Gasteiger partial charge in [-0.25, -0.2) is 14.6 Å². The van der Waals surface area contributed by atoms with E-state index in [0.29, 0.717) is 23.7 Å². The van der Waals surface area contributed by atoms with Gasteiger partial charge in [0.2, 0.25) is 0 Å². The molecule has 0 unspecified atom stereocenters. The molecule has 34 heavy (non-hydrogen) atoms. The fraction of sp³-hybridized carbons (Fsp3) is 0.192. The number of hydrazone groups is 1. The zero-order valence-corrected chi connectivity index (χ0v) is 19.1. The van der Waals surface area contributed by atoms with Crippen molar-refractivity contribution in [2.24, 2.45) is 5.10 Å². The van der Waals surface area contributed by atoms with Gasteiger partial charge in [-0.05, 0) is 92.1 Å². The van der Waals surface area contributed by atoms with Crippen LogP contribution in [0, 0.1) is 19.7 Å². The second kappa shape index (κ2) is 11.6. The lowest BCUT2D eigenvalue weighted by Gasteiger charge is -2.11. The molecule has 7 nitrogen and oxygen atoms in total. The lowest BCUT2D eigenvalue weighted by Crippen LogP contribution is -2.24. The molecule has 0 fully saturated rings. The first-order chi connectivity index (χ1) is 16.3. The minimum atomic E-state index is -0.640. The SMILES string of the molecule is CCOc1cc(C=NNC(=O)COc2cc(C)cc(C)c2)ccc1OC(=O)c1ccc(F)cc1. The number of nitrogens with one attached hydrogen (secondary N) is 1. The Morgan fingerprint density at radius 3 is 2.32 bits per heavy atom. The Morgan fingerprint density at radius 1 is 0.941 bits per heavy atom. The molecule has 3 aromatic rings. The van der Waals surface area contributed by atoms with Gasteiger partial charge in [-0.15, -0.1) is 0 Å². The van der Waals surface area contributed by atoms with Crippen LogP contribution in [0.5, 0.6) is 17.2 Å². The fourth-order valence-electron chi connectivity index (χ4n) is 3.08. The van der Waals surface area contributed by atoms with Crippen LogP contribution in [0.3, 0.4) is 0 Å². The minimum absolute atomic E-state index is 0.178. The third-order valence-corrected chi connectivity index (χ3v) is 4.52. The molecule has 3 aromatic carbocycles. The van der Waals surface area contributed by atoms with Gasteiger partial charge in [0.25, 0.3) is 5.91 Å². The van der Waals surface area contributed by atoms with E-state index in [0.717, 1.165) is 11.1 Å². The third-order valence-electron chi connectivity index (χ3n) is 4.52. The number of aryl methyl sites for hydroxylation is 2. The van der Waals surface area contributed by atoms with Crippen LogP contribution < -0.4 is 19.6 Å². The highest BCUT2D eigenvalue weighted by Gasteiger charge is 2.13. The summed E-state index contributed by atoms with van der Waals surface area (Å²) in [4.78, 5) is 24.4. The van der Waals surface area contributed by atoms with E-state index < -0.39 is 17.7 Å². The third kappa shape index (κ3) is 7.16. The smallest absolute Gasteiger partial charge is 0.343 e. The van der Waals surface area contributed by atoms with Crippen LogP contribution in [0.1, 0.15) is 34.0 Å². The largest absolute Gasteiger partial charge is 0.490 e. The highest BCUT2D eigenvalue weighted by molar-refractivity contribution is 5.91. The minimum Gasteiger partial charge on any atom is -0.490 e. The van der Waals surface area contributed by atoms with E-state index in [-0.39, 0.29) is 17.9 Å². The number of nitrogens with zero attached hydrogens (tertiary/aromatic N) is 1. The molecule has 0 radical (unpaired) electrons. The number of hydrogen-bond acceptors (Lipinski definition) is 6. The van der Waals surface area contributed by atoms with Crippen molar-refractivity contribution in [3.8, 4) is 17.2 Å². The molecule has 3 rings (SSSR count). The first kappa shape index (κ1) is 24.4. The van der Waals surface area contributed by atoms with E-state index in [9.17, 15) is 14.0 Å². The topological polar surface area (TPSA) is 86.2 Å². The van der Waals surface area contributed by atoms with Gasteiger partial charge in [0.1, 0.15) is 11.6 Å². The second-order valence-electron chi connectivity index (χ2n) is 7.44. The van der Waals surface area contributed by atoms with E-state index in [1.165, 1.54) is 30.5 Å². The Labute approximate surface area is 197 Å². The normalized spacial score (nSPS) is 10.7. The Hall–Kier alpha value is -4.20. The van der Waals surface area contributed by atoms with E-state index in [2.05, 4.69) is 10.5 Å². The Bertz CT molecular complexity index is 1170. The van der Waals surface area contributed by atoms with Gasteiger partial charge in [0, 0.05) is 0 Å². The molecule has 8 heteroatoms. The van der Waals surface area contributed by atoms with Crippen LogP contribution in [0.25, 0.3) is 0 Å². The van der Waals surface area contributed by atoms with Gasteiger partial charge < -0.3 is 14.2 Å². The summed E-state index contributed by atoms with van der Waals surface area (Å²) in [5.41, 5.74) is 5.32. The molecule has 0 saturated heterocycles. The number of carbonyl (C=O) groups is 2. The number of carbonyl (C=O) groups excluding carboxylic acids is 2. The highest BCUT2D eigenvalue weighted by atomic mass is 19.1. The van der Waals surface area contributed by atoms with Crippen molar-refractivity contribution in [2.45, 2.75) is 20.8 Å². The summed E-state index contributed by atoms with van der Waals surface area (Å²) in [6, 6.07) is 15.6. The molecule has 1 N–H and O–H groups in total. The van der Waals surface area contributed by atoms with Crippen molar-refractivity contribution in [1.29, 1.82) is 0 Å². The summed E-state index contributed by atoms with van der Waals surface area (Å²) in [6.45, 7) is 5.87. The van der Waals surface area contributed by atoms with Gasteiger partial charge in [0.05, 0.1) is 18.4 Å². The second-order valence-corrected chi connectivity index (χ2v) is 7.44. The number of ether oxygens (including phenoxy) is 3. The van der Waals surface area contributed by atoms with E-state index in [4.69, 9.17) is 14.2 Å². The molecule has 0 heterocycles. The van der Waals surface area contributed by atoms with Crippen molar-refractivity contribution in [2.75, 3.05) is 13.2 Å². The number of benzene rings is 3. The van der Waals surface area contributed by atoms with Crippen molar-refractivity contribution in [1.82, 2.24) is 5.43 Å². The molecule has 0 aromatic heterocycles. The van der Waals surface area contributed by atoms with Gasteiger partial charge in [0.15, 0.2) is 18.1 Å². The summed E-state index contributed by atoms with van der Waals surface area (Å²) in [7, 11) is 0. The predicted molar refractivity (Wildman–Crippen MR) is 126 cm³/mol. The van der Waals surface area contributed by atoms with Crippen LogP contribution in [-0.4, -0.2) is 31.3 Å². The number of rotatable bonds is 9. The summed E-state index contributed by atoms with van der Waals surface area (Å²) < 4.78 is 29.5. The number of esters is 1. The van der Waals surface area contributed by atoms with Gasteiger partial charge >= 0.3 is 5.97 Å². The molecule has 0 bridgehead atoms. The van der Waals surface area contributed by atoms with E-state index in [1.807, 2.05) is 32.0 Å². The first-order valence-electron chi connectivity index (χ1n) is 10.6. The molecular weight excluding hydrogens is 439 g/mol. The predicted octanol–water partition coefficient (Wildman–Crippen LogP) is 4.59. The summed E-state index contributed by atoms with van der Waals surface area (Å²) in [6.07, 6.45) is 1.43. The lowest BCUT2D eigenvalue weighted by molar-refractivity contribution is -0.123. The van der Waals surface area contributed by atoms with Crippen LogP contribution in [-0.2, 0) is 4.79 Å². The fourth-order valence-corrected chi connectivity index (χ4v) is 3.08. The number of hydrogen-bond donors (Lipinski definition) is 1. The van der Waals surface area contributed by atoms with Gasteiger partial charge in [-0.1, -0.05) is 6.07 Å². The molecule has 0 aliphatic rings. The van der Waals surface area contributed by atoms with Crippen molar-refractivity contribution < 1.29 is 28.2 Å². The number of amides is 1. The Balaban J connectivity index is 1.59. The van der Waals surface area contributed by atoms with Gasteiger partial charge in [-0.2, -0.15) is 5.10 Å². The van der Waals surface area contributed by atoms with Crippen molar-refractivity contribution in [3.63, 3.8) is 0 Å². The summed E-state index contributed by atoms with van der Waals surface area (Å²) in [5, 5.41) is 3.93. The zero-order valence-electron chi connectivity index (χ0n) is 19.1. The van der Waals surface area contributed by atoms with Gasteiger partial charge in [-0.3, -0.25) is 4.79 Å². The maximum atomic E-state index is 13.1. The van der Waals surface area contributed by atoms with Crippen LogP contribution in [0.15, 0.2) is 65.8 Å². The van der Waals surface area contributed by atoms with Crippen LogP contribution >= 0.6 is 0 Å². The molecule has 0 atom stereocenters. The molecule has 176 valence electrons. The molecule has 0 spiro atoms. The highest BCUT2D eigenvalue weighted by Crippen LogP contribution is 2.29.